The summed E-state index contributed by atoms with van der Waals surface area (Å²) in [5, 5.41) is 0. The van der Waals surface area contributed by atoms with Gasteiger partial charge in [0.25, 0.3) is 0 Å². The van der Waals surface area contributed by atoms with E-state index in [-0.39, 0.29) is 0 Å². The van der Waals surface area contributed by atoms with Crippen molar-refractivity contribution in [3.8, 4) is 0 Å². The number of hydrogen-bond donors (Lipinski definition) is 1. The SMILES string of the molecule is CC1CCN(Cc2cnc(N)cn2)C(C)C1. The molecular formula is C12H20N4. The summed E-state index contributed by atoms with van der Waals surface area (Å²) in [4.78, 5) is 10.8. The molecule has 1 aliphatic heterocycles. The van der Waals surface area contributed by atoms with Gasteiger partial charge in [-0.1, -0.05) is 6.92 Å². The first-order valence-corrected chi connectivity index (χ1v) is 5.95. The van der Waals surface area contributed by atoms with Crippen molar-refractivity contribution in [3.63, 3.8) is 0 Å². The van der Waals surface area contributed by atoms with Gasteiger partial charge < -0.3 is 5.73 Å². The van der Waals surface area contributed by atoms with Gasteiger partial charge in [0.05, 0.1) is 18.1 Å². The summed E-state index contributed by atoms with van der Waals surface area (Å²) < 4.78 is 0. The summed E-state index contributed by atoms with van der Waals surface area (Å²) in [7, 11) is 0. The first-order valence-electron chi connectivity index (χ1n) is 5.95. The monoisotopic (exact) mass is 220 g/mol. The van der Waals surface area contributed by atoms with Crippen LogP contribution in [0.1, 0.15) is 32.4 Å². The van der Waals surface area contributed by atoms with Crippen molar-refractivity contribution in [2.45, 2.75) is 39.3 Å². The second kappa shape index (κ2) is 4.78. The Bertz CT molecular complexity index is 335. The highest BCUT2D eigenvalue weighted by atomic mass is 15.2. The molecule has 4 heteroatoms. The predicted octanol–water partition coefficient (Wildman–Crippen LogP) is 1.68. The average molecular weight is 220 g/mol. The number of nitrogen functional groups attached to an aromatic ring is 1. The van der Waals surface area contributed by atoms with Crippen molar-refractivity contribution in [1.82, 2.24) is 14.9 Å². The molecule has 16 heavy (non-hydrogen) atoms. The summed E-state index contributed by atoms with van der Waals surface area (Å²) in [6.45, 7) is 6.67. The van der Waals surface area contributed by atoms with Crippen molar-refractivity contribution < 1.29 is 0 Å². The van der Waals surface area contributed by atoms with Gasteiger partial charge in [-0.2, -0.15) is 0 Å². The zero-order valence-corrected chi connectivity index (χ0v) is 10.1. The molecule has 1 aromatic heterocycles. The Labute approximate surface area is 96.9 Å². The number of nitrogens with two attached hydrogens (primary N) is 1. The van der Waals surface area contributed by atoms with Gasteiger partial charge in [-0.05, 0) is 32.2 Å². The van der Waals surface area contributed by atoms with E-state index in [0.717, 1.165) is 24.7 Å². The molecule has 0 saturated carbocycles. The van der Waals surface area contributed by atoms with E-state index >= 15 is 0 Å². The van der Waals surface area contributed by atoms with Crippen LogP contribution in [0.2, 0.25) is 0 Å². The largest absolute Gasteiger partial charge is 0.382 e. The third-order valence-corrected chi connectivity index (χ3v) is 3.37. The van der Waals surface area contributed by atoms with Crippen LogP contribution in [-0.4, -0.2) is 27.5 Å². The molecule has 1 aromatic rings. The van der Waals surface area contributed by atoms with Crippen molar-refractivity contribution >= 4 is 5.82 Å². The van der Waals surface area contributed by atoms with Gasteiger partial charge in [0.1, 0.15) is 5.82 Å². The van der Waals surface area contributed by atoms with Gasteiger partial charge in [-0.25, -0.2) is 4.98 Å². The topological polar surface area (TPSA) is 55.0 Å². The highest BCUT2D eigenvalue weighted by Crippen LogP contribution is 2.23. The highest BCUT2D eigenvalue weighted by Gasteiger charge is 2.22. The fourth-order valence-electron chi connectivity index (χ4n) is 2.35. The first-order chi connectivity index (χ1) is 7.65. The minimum Gasteiger partial charge on any atom is -0.382 e. The van der Waals surface area contributed by atoms with Gasteiger partial charge in [0.15, 0.2) is 0 Å². The number of nitrogens with zero attached hydrogens (tertiary/aromatic N) is 3. The van der Waals surface area contributed by atoms with Crippen molar-refractivity contribution in [3.05, 3.63) is 18.1 Å². The fraction of sp³-hybridized carbons (Fsp3) is 0.667. The zero-order valence-electron chi connectivity index (χ0n) is 10.1. The highest BCUT2D eigenvalue weighted by molar-refractivity contribution is 5.22. The normalized spacial score (nSPS) is 26.9. The maximum absolute atomic E-state index is 5.52. The molecule has 2 rings (SSSR count). The molecule has 1 fully saturated rings. The Morgan fingerprint density at radius 1 is 1.38 bits per heavy atom. The van der Waals surface area contributed by atoms with Crippen LogP contribution in [0.3, 0.4) is 0 Å². The fourth-order valence-corrected chi connectivity index (χ4v) is 2.35. The van der Waals surface area contributed by atoms with Crippen molar-refractivity contribution in [2.24, 2.45) is 5.92 Å². The van der Waals surface area contributed by atoms with E-state index in [4.69, 9.17) is 5.73 Å². The lowest BCUT2D eigenvalue weighted by molar-refractivity contribution is 0.120. The molecule has 2 heterocycles. The van der Waals surface area contributed by atoms with E-state index in [1.165, 1.54) is 12.8 Å². The van der Waals surface area contributed by atoms with E-state index < -0.39 is 0 Å². The second-order valence-electron chi connectivity index (χ2n) is 4.88. The average Bonchev–Trinajstić information content (AvgIpc) is 2.25. The molecular weight excluding hydrogens is 200 g/mol. The van der Waals surface area contributed by atoms with E-state index in [1.54, 1.807) is 12.4 Å². The number of rotatable bonds is 2. The van der Waals surface area contributed by atoms with E-state index in [2.05, 4.69) is 28.7 Å². The Balaban J connectivity index is 1.96. The van der Waals surface area contributed by atoms with Gasteiger partial charge in [-0.15, -0.1) is 0 Å². The van der Waals surface area contributed by atoms with Crippen LogP contribution < -0.4 is 5.73 Å². The Morgan fingerprint density at radius 2 is 2.19 bits per heavy atom. The molecule has 4 nitrogen and oxygen atoms in total. The molecule has 2 atom stereocenters. The summed E-state index contributed by atoms with van der Waals surface area (Å²) >= 11 is 0. The number of aromatic nitrogens is 2. The molecule has 2 N–H and O–H groups in total. The lowest BCUT2D eigenvalue weighted by Gasteiger charge is -2.36. The van der Waals surface area contributed by atoms with Crippen LogP contribution in [0.5, 0.6) is 0 Å². The Kier molecular flexibility index (Phi) is 3.39. The van der Waals surface area contributed by atoms with Crippen molar-refractivity contribution in [2.75, 3.05) is 12.3 Å². The predicted molar refractivity (Wildman–Crippen MR) is 64.7 cm³/mol. The van der Waals surface area contributed by atoms with Gasteiger partial charge >= 0.3 is 0 Å². The summed E-state index contributed by atoms with van der Waals surface area (Å²) in [5.41, 5.74) is 6.53. The lowest BCUT2D eigenvalue weighted by atomic mass is 9.93. The van der Waals surface area contributed by atoms with Gasteiger partial charge in [-0.3, -0.25) is 9.88 Å². The number of piperidine rings is 1. The summed E-state index contributed by atoms with van der Waals surface area (Å²) in [6.07, 6.45) is 5.97. The molecule has 0 amide bonds. The van der Waals surface area contributed by atoms with Crippen LogP contribution >= 0.6 is 0 Å². The number of hydrogen-bond acceptors (Lipinski definition) is 4. The molecule has 2 unspecified atom stereocenters. The molecule has 0 aromatic carbocycles. The van der Waals surface area contributed by atoms with Crippen LogP contribution in [0.4, 0.5) is 5.82 Å². The summed E-state index contributed by atoms with van der Waals surface area (Å²) in [5.74, 6) is 1.34. The zero-order chi connectivity index (χ0) is 11.5. The smallest absolute Gasteiger partial charge is 0.141 e. The van der Waals surface area contributed by atoms with E-state index in [1.807, 2.05) is 0 Å². The number of anilines is 1. The third kappa shape index (κ3) is 2.70. The molecule has 0 aliphatic carbocycles. The van der Waals surface area contributed by atoms with Gasteiger partial charge in [0, 0.05) is 12.6 Å². The van der Waals surface area contributed by atoms with Crippen LogP contribution in [-0.2, 0) is 6.54 Å². The van der Waals surface area contributed by atoms with Gasteiger partial charge in [0.2, 0.25) is 0 Å². The van der Waals surface area contributed by atoms with Crippen molar-refractivity contribution in [1.29, 1.82) is 0 Å². The maximum atomic E-state index is 5.52. The molecule has 0 radical (unpaired) electrons. The maximum Gasteiger partial charge on any atom is 0.141 e. The molecule has 0 spiro atoms. The standard InChI is InChI=1S/C12H20N4/c1-9-3-4-16(10(2)5-9)8-11-6-15-12(13)7-14-11/h6-7,9-10H,3-5,8H2,1-2H3,(H2,13,15). The van der Waals surface area contributed by atoms with E-state index in [0.29, 0.717) is 11.9 Å². The molecule has 1 aliphatic rings. The van der Waals surface area contributed by atoms with E-state index in [9.17, 15) is 0 Å². The second-order valence-corrected chi connectivity index (χ2v) is 4.88. The Morgan fingerprint density at radius 3 is 2.81 bits per heavy atom. The quantitative estimate of drug-likeness (QED) is 0.824. The first kappa shape index (κ1) is 11.3. The third-order valence-electron chi connectivity index (χ3n) is 3.37. The van der Waals surface area contributed by atoms with Crippen LogP contribution in [0, 0.1) is 5.92 Å². The summed E-state index contributed by atoms with van der Waals surface area (Å²) in [6, 6.07) is 0.642. The van der Waals surface area contributed by atoms with Crippen LogP contribution in [0.15, 0.2) is 12.4 Å². The molecule has 1 saturated heterocycles. The van der Waals surface area contributed by atoms with Crippen LogP contribution in [0.25, 0.3) is 0 Å². The lowest BCUT2D eigenvalue weighted by Crippen LogP contribution is -2.39. The number of likely N-dealkylation sites (tertiary alicyclic amines) is 1. The minimum atomic E-state index is 0.490. The Hall–Kier alpha value is -1.16. The minimum absolute atomic E-state index is 0.490. The molecule has 0 bridgehead atoms. The molecule has 88 valence electrons.